The second kappa shape index (κ2) is 9.51. The van der Waals surface area contributed by atoms with Crippen LogP contribution in [0.15, 0.2) is 12.1 Å². The number of carbonyl (C=O) groups is 1. The van der Waals surface area contributed by atoms with Gasteiger partial charge in [-0.3, -0.25) is 4.79 Å². The normalized spacial score (nSPS) is 12.5. The molecule has 0 aliphatic carbocycles. The summed E-state index contributed by atoms with van der Waals surface area (Å²) in [6, 6.07) is -0.272. The van der Waals surface area contributed by atoms with Gasteiger partial charge in [0, 0.05) is 22.6 Å². The van der Waals surface area contributed by atoms with E-state index < -0.39 is 92.0 Å². The predicted octanol–water partition coefficient (Wildman–Crippen LogP) is 5.38. The van der Waals surface area contributed by atoms with Crippen molar-refractivity contribution in [3.8, 4) is 11.6 Å². The molecule has 0 aliphatic rings. The minimum absolute atomic E-state index is 0. The molecule has 0 amide bonds. The Morgan fingerprint density at radius 3 is 1.76 bits per heavy atom. The van der Waals surface area contributed by atoms with Crippen molar-refractivity contribution in [1.29, 1.82) is 0 Å². The van der Waals surface area contributed by atoms with E-state index in [1.807, 2.05) is 0 Å². The second-order valence-corrected chi connectivity index (χ2v) is 6.87. The van der Waals surface area contributed by atoms with E-state index in [0.717, 1.165) is 6.92 Å². The molecule has 37 heavy (non-hydrogen) atoms. The third-order valence-corrected chi connectivity index (χ3v) is 4.43. The Labute approximate surface area is 206 Å². The number of rotatable bonds is 3. The summed E-state index contributed by atoms with van der Waals surface area (Å²) in [5, 5.41) is 13.4. The van der Waals surface area contributed by atoms with Gasteiger partial charge in [0.05, 0.1) is 5.69 Å². The third-order valence-electron chi connectivity index (χ3n) is 4.43. The number of halogens is 12. The van der Waals surface area contributed by atoms with Crippen LogP contribution in [0.4, 0.5) is 52.7 Å². The summed E-state index contributed by atoms with van der Waals surface area (Å²) in [5.41, 5.74) is -12.4. The molecule has 3 aromatic heterocycles. The number of aromatic nitrogens is 4. The minimum atomic E-state index is -5.68. The topological polar surface area (TPSA) is 80.9 Å². The van der Waals surface area contributed by atoms with E-state index in [9.17, 15) is 62.6 Å². The van der Waals surface area contributed by atoms with Crippen molar-refractivity contribution in [2.75, 3.05) is 0 Å². The van der Waals surface area contributed by atoms with Crippen LogP contribution in [0.5, 0.6) is 5.88 Å². The number of ketones is 1. The molecule has 19 heteroatoms. The number of aromatic hydroxyl groups is 1. The quantitative estimate of drug-likeness (QED) is 0.191. The number of alkyl halides is 9. The smallest absolute Gasteiger partial charge is 0.436 e. The molecule has 0 saturated carbocycles. The van der Waals surface area contributed by atoms with Gasteiger partial charge in [-0.2, -0.15) is 58.1 Å². The van der Waals surface area contributed by atoms with Gasteiger partial charge in [0.1, 0.15) is 22.6 Å². The van der Waals surface area contributed by atoms with Gasteiger partial charge >= 0.3 is 18.5 Å². The van der Waals surface area contributed by atoms with Crippen molar-refractivity contribution in [3.63, 3.8) is 0 Å². The van der Waals surface area contributed by atoms with Gasteiger partial charge in [-0.15, -0.1) is 0 Å². The molecule has 0 spiro atoms. The standard InChI is InChI=1S/C18H6F12N4O2.Mn/c1-4-8(12(35)5-2-6(16(22,23)24)31-7(3-5)17(25,26)27)15(36)34(33-4)11-9(19)13(18(28,29)30)32-14(21)10(11)20;/h2-3,36H,1H3;. The van der Waals surface area contributed by atoms with Crippen LogP contribution in [-0.2, 0) is 35.6 Å². The molecular formula is C18H6F12MnN4O2. The van der Waals surface area contributed by atoms with Crippen molar-refractivity contribution < 1.29 is 79.7 Å². The van der Waals surface area contributed by atoms with Gasteiger partial charge in [0.15, 0.2) is 11.5 Å². The molecule has 0 bridgehead atoms. The fourth-order valence-corrected chi connectivity index (χ4v) is 2.91. The van der Waals surface area contributed by atoms with Gasteiger partial charge in [-0.25, -0.2) is 14.4 Å². The monoisotopic (exact) mass is 593 g/mol. The molecule has 0 aliphatic heterocycles. The molecule has 201 valence electrons. The summed E-state index contributed by atoms with van der Waals surface area (Å²) in [4.78, 5) is 17.2. The number of hydrogen-bond acceptors (Lipinski definition) is 5. The SMILES string of the molecule is Cc1nn(-c2c(F)c(F)nc(C(F)(F)F)c2F)c(O)c1C(=O)c1cc(C(F)(F)F)nc(C(F)(F)F)c1.[Mn]. The second-order valence-electron chi connectivity index (χ2n) is 6.87. The number of aryl methyl sites for hydroxylation is 1. The Kier molecular flexibility index (Phi) is 7.68. The van der Waals surface area contributed by atoms with Crippen LogP contribution >= 0.6 is 0 Å². The average molecular weight is 593 g/mol. The van der Waals surface area contributed by atoms with Crippen molar-refractivity contribution in [3.05, 3.63) is 63.6 Å². The zero-order chi connectivity index (χ0) is 27.5. The van der Waals surface area contributed by atoms with Crippen LogP contribution < -0.4 is 0 Å². The maximum Gasteiger partial charge on any atom is 0.436 e. The zero-order valence-corrected chi connectivity index (χ0v) is 18.4. The predicted molar refractivity (Wildman–Crippen MR) is 90.3 cm³/mol. The molecule has 1 radical (unpaired) electrons. The third kappa shape index (κ3) is 5.51. The van der Waals surface area contributed by atoms with E-state index in [4.69, 9.17) is 0 Å². The first kappa shape index (κ1) is 29.9. The molecule has 0 unspecified atom stereocenters. The zero-order valence-electron chi connectivity index (χ0n) is 17.2. The Bertz CT molecular complexity index is 1350. The van der Waals surface area contributed by atoms with Crippen LogP contribution in [0.3, 0.4) is 0 Å². The number of hydrogen-bond donors (Lipinski definition) is 1. The molecule has 3 rings (SSSR count). The first-order valence-corrected chi connectivity index (χ1v) is 8.87. The van der Waals surface area contributed by atoms with Crippen molar-refractivity contribution in [1.82, 2.24) is 19.7 Å². The Balaban J connectivity index is 0.00000481. The molecule has 3 aromatic rings. The van der Waals surface area contributed by atoms with E-state index in [-0.39, 0.29) is 29.2 Å². The molecule has 6 nitrogen and oxygen atoms in total. The minimum Gasteiger partial charge on any atom is -0.493 e. The van der Waals surface area contributed by atoms with Crippen molar-refractivity contribution >= 4 is 5.78 Å². The molecule has 0 atom stereocenters. The molecule has 0 fully saturated rings. The van der Waals surface area contributed by atoms with Gasteiger partial charge < -0.3 is 5.11 Å². The van der Waals surface area contributed by atoms with Crippen LogP contribution in [0.25, 0.3) is 5.69 Å². The van der Waals surface area contributed by atoms with Gasteiger partial charge in [0.25, 0.3) is 5.95 Å². The first-order chi connectivity index (χ1) is 16.2. The van der Waals surface area contributed by atoms with E-state index in [2.05, 4.69) is 15.1 Å². The Morgan fingerprint density at radius 2 is 1.32 bits per heavy atom. The maximum atomic E-state index is 14.4. The van der Waals surface area contributed by atoms with Crippen LogP contribution in [0.1, 0.15) is 38.7 Å². The Hall–Kier alpha value is -3.34. The number of pyridine rings is 2. The summed E-state index contributed by atoms with van der Waals surface area (Å²) in [6.07, 6.45) is -16.6. The van der Waals surface area contributed by atoms with Gasteiger partial charge in [-0.05, 0) is 19.1 Å². The van der Waals surface area contributed by atoms with Crippen LogP contribution in [0.2, 0.25) is 0 Å². The summed E-state index contributed by atoms with van der Waals surface area (Å²) in [7, 11) is 0. The molecule has 3 heterocycles. The fourth-order valence-electron chi connectivity index (χ4n) is 2.91. The van der Waals surface area contributed by atoms with Crippen molar-refractivity contribution in [2.45, 2.75) is 25.5 Å². The van der Waals surface area contributed by atoms with Gasteiger partial charge in [0.2, 0.25) is 17.5 Å². The number of carbonyl (C=O) groups excluding carboxylic acids is 1. The van der Waals surface area contributed by atoms with Crippen LogP contribution in [-0.4, -0.2) is 30.6 Å². The van der Waals surface area contributed by atoms with Gasteiger partial charge in [-0.1, -0.05) is 0 Å². The average Bonchev–Trinajstić information content (AvgIpc) is 3.01. The largest absolute Gasteiger partial charge is 0.493 e. The summed E-state index contributed by atoms with van der Waals surface area (Å²) in [6.45, 7) is 0.762. The van der Waals surface area contributed by atoms with E-state index in [0.29, 0.717) is 0 Å². The summed E-state index contributed by atoms with van der Waals surface area (Å²) >= 11 is 0. The van der Waals surface area contributed by atoms with Crippen molar-refractivity contribution in [2.24, 2.45) is 0 Å². The fraction of sp³-hybridized carbons (Fsp3) is 0.222. The summed E-state index contributed by atoms with van der Waals surface area (Å²) in [5.74, 6) is -11.1. The number of nitrogens with zero attached hydrogens (tertiary/aromatic N) is 4. The molecule has 0 aromatic carbocycles. The van der Waals surface area contributed by atoms with Crippen LogP contribution in [0, 0.1) is 24.5 Å². The first-order valence-electron chi connectivity index (χ1n) is 8.87. The Morgan fingerprint density at radius 1 is 0.838 bits per heavy atom. The van der Waals surface area contributed by atoms with E-state index >= 15 is 0 Å². The molecule has 1 N–H and O–H groups in total. The maximum absolute atomic E-state index is 14.4. The van der Waals surface area contributed by atoms with E-state index in [1.165, 1.54) is 0 Å². The summed E-state index contributed by atoms with van der Waals surface area (Å²) < 4.78 is 159. The van der Waals surface area contributed by atoms with E-state index in [1.54, 1.807) is 0 Å². The molecule has 0 saturated heterocycles. The molecular weight excluding hydrogens is 587 g/mol.